The number of nitrogens with zero attached hydrogens (tertiary/aromatic N) is 2. The van der Waals surface area contributed by atoms with Crippen LogP contribution in [0.15, 0.2) is 47.9 Å². The number of aromatic nitrogens is 2. The molecule has 0 bridgehead atoms. The summed E-state index contributed by atoms with van der Waals surface area (Å²) in [7, 11) is -3.75. The number of aryl methyl sites for hydroxylation is 2. The largest absolute Gasteiger partial charge is 0.355 e. The van der Waals surface area contributed by atoms with Gasteiger partial charge in [-0.3, -0.25) is 4.79 Å². The van der Waals surface area contributed by atoms with Crippen LogP contribution >= 0.6 is 11.8 Å². The van der Waals surface area contributed by atoms with Crippen LogP contribution in [0.3, 0.4) is 0 Å². The first-order valence-corrected chi connectivity index (χ1v) is 11.6. The number of rotatable bonds is 11. The number of carbonyl (C=O) groups excluding carboxylic acids is 1. The van der Waals surface area contributed by atoms with E-state index in [0.29, 0.717) is 18.7 Å². The van der Waals surface area contributed by atoms with E-state index in [-0.39, 0.29) is 10.8 Å². The van der Waals surface area contributed by atoms with Crippen molar-refractivity contribution in [2.45, 2.75) is 37.2 Å². The predicted molar refractivity (Wildman–Crippen MR) is 108 cm³/mol. The zero-order valence-electron chi connectivity index (χ0n) is 15.6. The van der Waals surface area contributed by atoms with Gasteiger partial charge in [-0.2, -0.15) is 16.5 Å². The first-order valence-electron chi connectivity index (χ1n) is 8.74. The summed E-state index contributed by atoms with van der Waals surface area (Å²) in [4.78, 5) is 16.6. The van der Waals surface area contributed by atoms with Crippen molar-refractivity contribution >= 4 is 27.7 Å². The van der Waals surface area contributed by atoms with Gasteiger partial charge in [0, 0.05) is 25.5 Å². The number of hydrogen-bond acceptors (Lipinski definition) is 5. The van der Waals surface area contributed by atoms with Crippen molar-refractivity contribution in [1.29, 1.82) is 0 Å². The molecular weight excluding hydrogens is 384 g/mol. The van der Waals surface area contributed by atoms with Gasteiger partial charge in [-0.1, -0.05) is 17.7 Å². The van der Waals surface area contributed by atoms with Crippen molar-refractivity contribution in [3.63, 3.8) is 0 Å². The summed E-state index contributed by atoms with van der Waals surface area (Å²) in [6.07, 6.45) is 8.38. The van der Waals surface area contributed by atoms with Crippen molar-refractivity contribution in [1.82, 2.24) is 19.6 Å². The molecule has 0 aliphatic heterocycles. The lowest BCUT2D eigenvalue weighted by atomic mass is 10.2. The molecule has 1 heterocycles. The molecule has 7 nitrogen and oxygen atoms in total. The number of sulfonamides is 1. The number of nitrogens with one attached hydrogen (secondary N) is 2. The summed E-state index contributed by atoms with van der Waals surface area (Å²) in [6, 6.07) is 5.78. The Bertz CT molecular complexity index is 806. The molecule has 1 amide bonds. The maximum atomic E-state index is 12.6. The van der Waals surface area contributed by atoms with Crippen LogP contribution in [0.5, 0.6) is 0 Å². The van der Waals surface area contributed by atoms with Crippen LogP contribution in [0.4, 0.5) is 0 Å². The number of amides is 1. The first kappa shape index (κ1) is 21.5. The predicted octanol–water partition coefficient (Wildman–Crippen LogP) is 1.80. The van der Waals surface area contributed by atoms with E-state index < -0.39 is 16.1 Å². The van der Waals surface area contributed by atoms with E-state index in [4.69, 9.17) is 0 Å². The number of imidazole rings is 1. The van der Waals surface area contributed by atoms with Crippen molar-refractivity contribution in [2.75, 3.05) is 18.6 Å². The minimum absolute atomic E-state index is 0.162. The minimum Gasteiger partial charge on any atom is -0.355 e. The second kappa shape index (κ2) is 10.5. The Kier molecular flexibility index (Phi) is 8.33. The third-order valence-electron chi connectivity index (χ3n) is 4.01. The fourth-order valence-corrected chi connectivity index (χ4v) is 4.17. The van der Waals surface area contributed by atoms with E-state index in [1.807, 2.05) is 23.9 Å². The van der Waals surface area contributed by atoms with Crippen LogP contribution in [0.25, 0.3) is 0 Å². The molecule has 1 aromatic carbocycles. The van der Waals surface area contributed by atoms with E-state index >= 15 is 0 Å². The summed E-state index contributed by atoms with van der Waals surface area (Å²) in [5.41, 5.74) is 0.975. The Morgan fingerprint density at radius 3 is 2.67 bits per heavy atom. The number of hydrogen-bond donors (Lipinski definition) is 2. The molecule has 2 rings (SSSR count). The molecule has 2 N–H and O–H groups in total. The lowest BCUT2D eigenvalue weighted by Crippen LogP contribution is -2.47. The van der Waals surface area contributed by atoms with Crippen LogP contribution in [0.1, 0.15) is 18.4 Å². The summed E-state index contributed by atoms with van der Waals surface area (Å²) < 4.78 is 29.7. The molecule has 1 unspecified atom stereocenters. The zero-order valence-corrected chi connectivity index (χ0v) is 17.2. The highest BCUT2D eigenvalue weighted by Gasteiger charge is 2.25. The summed E-state index contributed by atoms with van der Waals surface area (Å²) >= 11 is 1.57. The highest BCUT2D eigenvalue weighted by molar-refractivity contribution is 7.98. The maximum Gasteiger partial charge on any atom is 0.241 e. The van der Waals surface area contributed by atoms with E-state index in [2.05, 4.69) is 15.0 Å². The van der Waals surface area contributed by atoms with E-state index in [1.54, 1.807) is 48.6 Å². The van der Waals surface area contributed by atoms with Crippen LogP contribution in [0, 0.1) is 6.92 Å². The lowest BCUT2D eigenvalue weighted by molar-refractivity contribution is -0.122. The van der Waals surface area contributed by atoms with Gasteiger partial charge in [0.15, 0.2) is 0 Å². The first-order chi connectivity index (χ1) is 12.9. The van der Waals surface area contributed by atoms with Gasteiger partial charge in [0.25, 0.3) is 0 Å². The van der Waals surface area contributed by atoms with Gasteiger partial charge < -0.3 is 9.88 Å². The monoisotopic (exact) mass is 410 g/mol. The molecule has 9 heteroatoms. The molecule has 1 atom stereocenters. The highest BCUT2D eigenvalue weighted by Crippen LogP contribution is 2.12. The lowest BCUT2D eigenvalue weighted by Gasteiger charge is -2.18. The van der Waals surface area contributed by atoms with E-state index in [0.717, 1.165) is 18.5 Å². The Hall–Kier alpha value is -1.84. The summed E-state index contributed by atoms with van der Waals surface area (Å²) in [6.45, 7) is 3.10. The van der Waals surface area contributed by atoms with E-state index in [9.17, 15) is 13.2 Å². The molecule has 1 aromatic heterocycles. The molecule has 27 heavy (non-hydrogen) atoms. The Morgan fingerprint density at radius 1 is 1.30 bits per heavy atom. The van der Waals surface area contributed by atoms with Gasteiger partial charge in [0.1, 0.15) is 6.04 Å². The molecular formula is C18H26N4O3S2. The number of benzene rings is 1. The van der Waals surface area contributed by atoms with Crippen LogP contribution < -0.4 is 10.0 Å². The van der Waals surface area contributed by atoms with Crippen LogP contribution in [-0.2, 0) is 21.4 Å². The second-order valence-electron chi connectivity index (χ2n) is 6.21. The van der Waals surface area contributed by atoms with Crippen molar-refractivity contribution in [3.8, 4) is 0 Å². The van der Waals surface area contributed by atoms with Gasteiger partial charge in [-0.05, 0) is 43.9 Å². The fourth-order valence-electron chi connectivity index (χ4n) is 2.47. The molecule has 0 aliphatic carbocycles. The normalized spacial score (nSPS) is 12.7. The van der Waals surface area contributed by atoms with Crippen molar-refractivity contribution in [2.24, 2.45) is 0 Å². The Morgan fingerprint density at radius 2 is 2.04 bits per heavy atom. The number of carbonyl (C=O) groups is 1. The molecule has 0 spiro atoms. The van der Waals surface area contributed by atoms with Gasteiger partial charge in [0.2, 0.25) is 15.9 Å². The van der Waals surface area contributed by atoms with Gasteiger partial charge in [0.05, 0.1) is 11.2 Å². The fraction of sp³-hybridized carbons (Fsp3) is 0.444. The Balaban J connectivity index is 1.94. The Labute approximate surface area is 165 Å². The summed E-state index contributed by atoms with van der Waals surface area (Å²) in [5.74, 6) is 0.383. The smallest absolute Gasteiger partial charge is 0.241 e. The minimum atomic E-state index is -3.75. The molecule has 0 radical (unpaired) electrons. The highest BCUT2D eigenvalue weighted by atomic mass is 32.2. The van der Waals surface area contributed by atoms with E-state index in [1.165, 1.54) is 0 Å². The topological polar surface area (TPSA) is 93.1 Å². The quantitative estimate of drug-likeness (QED) is 0.551. The van der Waals surface area contributed by atoms with Crippen molar-refractivity contribution < 1.29 is 13.2 Å². The van der Waals surface area contributed by atoms with Gasteiger partial charge in [-0.15, -0.1) is 0 Å². The molecule has 0 saturated heterocycles. The third kappa shape index (κ3) is 7.00. The van der Waals surface area contributed by atoms with Crippen LogP contribution in [0.2, 0.25) is 0 Å². The van der Waals surface area contributed by atoms with Crippen molar-refractivity contribution in [3.05, 3.63) is 48.5 Å². The molecule has 148 valence electrons. The average molecular weight is 411 g/mol. The van der Waals surface area contributed by atoms with Gasteiger partial charge in [-0.25, -0.2) is 13.4 Å². The molecule has 0 saturated carbocycles. The maximum absolute atomic E-state index is 12.6. The SMILES string of the molecule is CSCCC(NS(=O)(=O)c1ccc(C)cc1)C(=O)NCCCn1ccnc1. The second-order valence-corrected chi connectivity index (χ2v) is 8.91. The summed E-state index contributed by atoms with van der Waals surface area (Å²) in [5, 5.41) is 2.83. The average Bonchev–Trinajstić information content (AvgIpc) is 3.16. The number of thioether (sulfide) groups is 1. The van der Waals surface area contributed by atoms with Crippen LogP contribution in [-0.4, -0.2) is 48.5 Å². The molecule has 0 aliphatic rings. The zero-order chi connectivity index (χ0) is 19.7. The molecule has 0 fully saturated rings. The molecule has 2 aromatic rings. The third-order valence-corrected chi connectivity index (χ3v) is 6.14. The standard InChI is InChI=1S/C18H26N4O3S2/c1-15-4-6-16(7-5-15)27(24,25)21-17(8-13-26-2)18(23)20-9-3-11-22-12-10-19-14-22/h4-7,10,12,14,17,21H,3,8-9,11,13H2,1-2H3,(H,20,23). The van der Waals surface area contributed by atoms with Gasteiger partial charge >= 0.3 is 0 Å².